The number of halogens is 1. The Labute approximate surface area is 195 Å². The molecule has 0 heterocycles. The third kappa shape index (κ3) is 4.91. The molecule has 1 atom stereocenters. The smallest absolute Gasteiger partial charge is 0.407 e. The van der Waals surface area contributed by atoms with Crippen LogP contribution in [0.4, 0.5) is 14.9 Å². The highest BCUT2D eigenvalue weighted by atomic mass is 19.1. The van der Waals surface area contributed by atoms with Crippen LogP contribution >= 0.6 is 0 Å². The summed E-state index contributed by atoms with van der Waals surface area (Å²) < 4.78 is 18.8. The number of nitrogens with one attached hydrogen (secondary N) is 2. The van der Waals surface area contributed by atoms with Gasteiger partial charge in [-0.2, -0.15) is 0 Å². The maximum atomic E-state index is 13.3. The molecule has 1 aliphatic rings. The first kappa shape index (κ1) is 23.0. The number of anilines is 1. The van der Waals surface area contributed by atoms with E-state index in [1.165, 1.54) is 6.07 Å². The predicted molar refractivity (Wildman–Crippen MR) is 124 cm³/mol. The summed E-state index contributed by atoms with van der Waals surface area (Å²) in [6, 6.07) is 18.5. The largest absolute Gasteiger partial charge is 0.478 e. The van der Waals surface area contributed by atoms with Gasteiger partial charge in [-0.1, -0.05) is 48.5 Å². The van der Waals surface area contributed by atoms with E-state index in [0.29, 0.717) is 0 Å². The number of rotatable bonds is 7. The highest BCUT2D eigenvalue weighted by Crippen LogP contribution is 2.44. The molecule has 0 aromatic heterocycles. The molecule has 0 spiro atoms. The molecule has 2 amide bonds. The Balaban J connectivity index is 1.32. The van der Waals surface area contributed by atoms with Crippen molar-refractivity contribution in [1.29, 1.82) is 0 Å². The molecule has 0 saturated heterocycles. The molecule has 174 valence electrons. The van der Waals surface area contributed by atoms with E-state index >= 15 is 0 Å². The first-order valence-corrected chi connectivity index (χ1v) is 10.8. The third-order valence-electron chi connectivity index (χ3n) is 5.69. The van der Waals surface area contributed by atoms with Crippen molar-refractivity contribution in [3.8, 4) is 11.1 Å². The highest BCUT2D eigenvalue weighted by molar-refractivity contribution is 6.00. The van der Waals surface area contributed by atoms with Crippen molar-refractivity contribution < 1.29 is 28.6 Å². The molecular weight excluding hydrogens is 439 g/mol. The van der Waals surface area contributed by atoms with Crippen molar-refractivity contribution in [1.82, 2.24) is 5.32 Å². The lowest BCUT2D eigenvalue weighted by molar-refractivity contribution is -0.116. The zero-order valence-electron chi connectivity index (χ0n) is 18.4. The Bertz CT molecular complexity index is 1210. The number of amides is 2. The normalized spacial score (nSPS) is 12.9. The van der Waals surface area contributed by atoms with Gasteiger partial charge in [-0.05, 0) is 47.4 Å². The zero-order chi connectivity index (χ0) is 24.2. The topological polar surface area (TPSA) is 105 Å². The van der Waals surface area contributed by atoms with E-state index in [1.54, 1.807) is 6.92 Å². The highest BCUT2D eigenvalue weighted by Gasteiger charge is 2.29. The third-order valence-corrected chi connectivity index (χ3v) is 5.69. The first-order chi connectivity index (χ1) is 16.3. The van der Waals surface area contributed by atoms with Gasteiger partial charge >= 0.3 is 12.1 Å². The van der Waals surface area contributed by atoms with Gasteiger partial charge in [0.2, 0.25) is 5.91 Å². The number of hydrogen-bond acceptors (Lipinski definition) is 4. The van der Waals surface area contributed by atoms with Gasteiger partial charge in [0, 0.05) is 18.4 Å². The minimum atomic E-state index is -1.36. The van der Waals surface area contributed by atoms with Crippen LogP contribution in [0.1, 0.15) is 40.7 Å². The van der Waals surface area contributed by atoms with Crippen molar-refractivity contribution in [2.24, 2.45) is 0 Å². The second kappa shape index (κ2) is 9.74. The molecule has 1 aliphatic carbocycles. The van der Waals surface area contributed by atoms with Gasteiger partial charge in [0.05, 0.1) is 11.3 Å². The van der Waals surface area contributed by atoms with Gasteiger partial charge < -0.3 is 20.5 Å². The summed E-state index contributed by atoms with van der Waals surface area (Å²) in [5, 5.41) is 14.2. The second-order valence-corrected chi connectivity index (χ2v) is 8.12. The molecule has 0 bridgehead atoms. The van der Waals surface area contributed by atoms with E-state index < -0.39 is 29.8 Å². The summed E-state index contributed by atoms with van der Waals surface area (Å²) >= 11 is 0. The minimum Gasteiger partial charge on any atom is -0.478 e. The van der Waals surface area contributed by atoms with E-state index in [4.69, 9.17) is 4.74 Å². The Morgan fingerprint density at radius 2 is 1.62 bits per heavy atom. The van der Waals surface area contributed by atoms with Crippen LogP contribution in [0, 0.1) is 5.82 Å². The molecular formula is C26H23FN2O5. The SMILES string of the molecule is C[C@@H](CC(=O)Nc1ccc(F)cc1C(=O)O)NC(=O)OCC1c2ccccc2-c2ccccc21. The number of alkyl carbamates (subject to hydrolysis) is 1. The second-order valence-electron chi connectivity index (χ2n) is 8.12. The summed E-state index contributed by atoms with van der Waals surface area (Å²) in [5.74, 6) is -2.69. The van der Waals surface area contributed by atoms with Crippen molar-refractivity contribution in [3.05, 3.63) is 89.2 Å². The molecule has 3 aromatic rings. The van der Waals surface area contributed by atoms with Crippen LogP contribution in [-0.4, -0.2) is 35.7 Å². The van der Waals surface area contributed by atoms with Crippen molar-refractivity contribution in [2.45, 2.75) is 25.3 Å². The summed E-state index contributed by atoms with van der Waals surface area (Å²) in [7, 11) is 0. The molecule has 0 saturated carbocycles. The lowest BCUT2D eigenvalue weighted by Crippen LogP contribution is -2.36. The molecule has 7 nitrogen and oxygen atoms in total. The van der Waals surface area contributed by atoms with E-state index in [9.17, 15) is 23.9 Å². The number of ether oxygens (including phenoxy) is 1. The summed E-state index contributed by atoms with van der Waals surface area (Å²) in [5.41, 5.74) is 4.06. The Morgan fingerprint density at radius 3 is 2.24 bits per heavy atom. The van der Waals surface area contributed by atoms with Gasteiger partial charge in [-0.3, -0.25) is 4.79 Å². The van der Waals surface area contributed by atoms with Crippen molar-refractivity contribution >= 4 is 23.7 Å². The number of carboxylic acids is 1. The van der Waals surface area contributed by atoms with Crippen LogP contribution < -0.4 is 10.6 Å². The van der Waals surface area contributed by atoms with E-state index in [0.717, 1.165) is 34.4 Å². The number of carboxylic acid groups (broad SMARTS) is 1. The minimum absolute atomic E-state index is 0.0211. The fourth-order valence-corrected chi connectivity index (χ4v) is 4.17. The molecule has 3 N–H and O–H groups in total. The summed E-state index contributed by atoms with van der Waals surface area (Å²) in [4.78, 5) is 36.0. The van der Waals surface area contributed by atoms with Gasteiger partial charge in [0.15, 0.2) is 0 Å². The fraction of sp³-hybridized carbons (Fsp3) is 0.192. The number of benzene rings is 3. The van der Waals surface area contributed by atoms with Crippen LogP contribution in [0.3, 0.4) is 0 Å². The maximum Gasteiger partial charge on any atom is 0.407 e. The molecule has 3 aromatic carbocycles. The van der Waals surface area contributed by atoms with Gasteiger partial charge in [-0.15, -0.1) is 0 Å². The monoisotopic (exact) mass is 462 g/mol. The van der Waals surface area contributed by atoms with Crippen LogP contribution in [0.25, 0.3) is 11.1 Å². The molecule has 0 aliphatic heterocycles. The quantitative estimate of drug-likeness (QED) is 0.469. The number of carbonyl (C=O) groups is 3. The Kier molecular flexibility index (Phi) is 6.58. The van der Waals surface area contributed by atoms with Gasteiger partial charge in [-0.25, -0.2) is 14.0 Å². The first-order valence-electron chi connectivity index (χ1n) is 10.8. The van der Waals surface area contributed by atoms with Gasteiger partial charge in [0.25, 0.3) is 0 Å². The number of aromatic carboxylic acids is 1. The van der Waals surface area contributed by atoms with E-state index in [2.05, 4.69) is 10.6 Å². The predicted octanol–water partition coefficient (Wildman–Crippen LogP) is 4.78. The number of carbonyl (C=O) groups excluding carboxylic acids is 2. The number of hydrogen-bond donors (Lipinski definition) is 3. The van der Waals surface area contributed by atoms with Crippen molar-refractivity contribution in [3.63, 3.8) is 0 Å². The molecule has 0 unspecified atom stereocenters. The summed E-state index contributed by atoms with van der Waals surface area (Å²) in [6.45, 7) is 1.78. The van der Waals surface area contributed by atoms with Crippen molar-refractivity contribution in [2.75, 3.05) is 11.9 Å². The average molecular weight is 462 g/mol. The lowest BCUT2D eigenvalue weighted by Gasteiger charge is -2.17. The zero-order valence-corrected chi connectivity index (χ0v) is 18.4. The molecule has 0 radical (unpaired) electrons. The number of fused-ring (bicyclic) bond motifs is 3. The van der Waals surface area contributed by atoms with Gasteiger partial charge in [0.1, 0.15) is 12.4 Å². The fourth-order valence-electron chi connectivity index (χ4n) is 4.17. The standard InChI is InChI=1S/C26H23FN2O5/c1-15(12-24(30)29-23-11-10-16(27)13-21(23)25(31)32)28-26(33)34-14-22-19-8-4-2-6-17(19)18-7-3-5-9-20(18)22/h2-11,13,15,22H,12,14H2,1H3,(H,28,33)(H,29,30)(H,31,32)/t15-/m0/s1. The van der Waals surface area contributed by atoms with Crippen LogP contribution in [0.15, 0.2) is 66.7 Å². The summed E-state index contributed by atoms with van der Waals surface area (Å²) in [6.07, 6.45) is -0.782. The lowest BCUT2D eigenvalue weighted by atomic mass is 9.98. The Hall–Kier alpha value is -4.20. The van der Waals surface area contributed by atoms with E-state index in [-0.39, 0.29) is 30.2 Å². The average Bonchev–Trinajstić information content (AvgIpc) is 3.12. The molecule has 8 heteroatoms. The molecule has 4 rings (SSSR count). The van der Waals surface area contributed by atoms with Crippen LogP contribution in [0.5, 0.6) is 0 Å². The van der Waals surface area contributed by atoms with E-state index in [1.807, 2.05) is 48.5 Å². The Morgan fingerprint density at radius 1 is 1.00 bits per heavy atom. The molecule has 0 fully saturated rings. The molecule has 34 heavy (non-hydrogen) atoms. The van der Waals surface area contributed by atoms with Crippen LogP contribution in [0.2, 0.25) is 0 Å². The maximum absolute atomic E-state index is 13.3. The van der Waals surface area contributed by atoms with Crippen LogP contribution in [-0.2, 0) is 9.53 Å².